The van der Waals surface area contributed by atoms with Crippen LogP contribution >= 0.6 is 11.3 Å². The van der Waals surface area contributed by atoms with Crippen molar-refractivity contribution in [1.29, 1.82) is 0 Å². The van der Waals surface area contributed by atoms with Crippen LogP contribution in [0, 0.1) is 11.8 Å². The Kier molecular flexibility index (Phi) is 3.86. The minimum atomic E-state index is -0.586. The van der Waals surface area contributed by atoms with Crippen LogP contribution in [0.3, 0.4) is 0 Å². The highest BCUT2D eigenvalue weighted by molar-refractivity contribution is 7.08. The monoisotopic (exact) mass is 339 g/mol. The SMILES string of the molecule is C[C@H]1C=C(C#Cc2ccsc2)C2=CC(=O)O[C@]2(C)[C@H]2CCCCN12. The molecule has 0 N–H and O–H groups in total. The van der Waals surface area contributed by atoms with Crippen molar-refractivity contribution in [2.45, 2.75) is 50.8 Å². The Morgan fingerprint density at radius 1 is 1.38 bits per heavy atom. The molecular formula is C20H21NO2S. The van der Waals surface area contributed by atoms with E-state index in [2.05, 4.69) is 36.7 Å². The van der Waals surface area contributed by atoms with E-state index in [0.717, 1.165) is 29.7 Å². The third kappa shape index (κ3) is 2.53. The summed E-state index contributed by atoms with van der Waals surface area (Å²) in [5.74, 6) is 6.31. The first-order valence-corrected chi connectivity index (χ1v) is 9.49. The molecule has 0 bridgehead atoms. The van der Waals surface area contributed by atoms with Crippen molar-refractivity contribution < 1.29 is 9.53 Å². The van der Waals surface area contributed by atoms with Crippen LogP contribution < -0.4 is 0 Å². The van der Waals surface area contributed by atoms with Gasteiger partial charge in [0, 0.05) is 34.2 Å². The second kappa shape index (κ2) is 5.91. The van der Waals surface area contributed by atoms with Crippen LogP contribution in [0.4, 0.5) is 0 Å². The fourth-order valence-electron chi connectivity index (χ4n) is 4.19. The maximum atomic E-state index is 12.1. The van der Waals surface area contributed by atoms with Gasteiger partial charge in [-0.2, -0.15) is 11.3 Å². The molecule has 0 unspecified atom stereocenters. The molecule has 3 atom stereocenters. The summed E-state index contributed by atoms with van der Waals surface area (Å²) in [6.45, 7) is 5.33. The zero-order chi connectivity index (χ0) is 16.7. The Morgan fingerprint density at radius 2 is 2.25 bits per heavy atom. The van der Waals surface area contributed by atoms with Crippen LogP contribution in [0.15, 0.2) is 40.1 Å². The minimum absolute atomic E-state index is 0.232. The van der Waals surface area contributed by atoms with Gasteiger partial charge in [0.2, 0.25) is 0 Å². The summed E-state index contributed by atoms with van der Waals surface area (Å²) < 4.78 is 5.84. The van der Waals surface area contributed by atoms with Crippen LogP contribution in [0.1, 0.15) is 38.7 Å². The number of carbonyl (C=O) groups is 1. The number of piperidine rings is 1. The molecule has 3 nitrogen and oxygen atoms in total. The number of rotatable bonds is 0. The molecular weight excluding hydrogens is 318 g/mol. The Hall–Kier alpha value is -1.83. The highest BCUT2D eigenvalue weighted by atomic mass is 32.1. The molecule has 3 aliphatic heterocycles. The Morgan fingerprint density at radius 3 is 3.04 bits per heavy atom. The molecule has 0 saturated carbocycles. The summed E-state index contributed by atoms with van der Waals surface area (Å²) >= 11 is 1.64. The summed E-state index contributed by atoms with van der Waals surface area (Å²) in [6, 6.07) is 2.55. The van der Waals surface area contributed by atoms with E-state index in [4.69, 9.17) is 4.74 Å². The van der Waals surface area contributed by atoms with Gasteiger partial charge >= 0.3 is 5.97 Å². The zero-order valence-corrected chi connectivity index (χ0v) is 14.9. The average molecular weight is 339 g/mol. The Labute approximate surface area is 147 Å². The van der Waals surface area contributed by atoms with Crippen LogP contribution in [-0.2, 0) is 9.53 Å². The lowest BCUT2D eigenvalue weighted by Crippen LogP contribution is -2.55. The van der Waals surface area contributed by atoms with Crippen molar-refractivity contribution in [2.24, 2.45) is 0 Å². The van der Waals surface area contributed by atoms with E-state index in [1.807, 2.05) is 16.8 Å². The van der Waals surface area contributed by atoms with Crippen LogP contribution in [0.2, 0.25) is 0 Å². The van der Waals surface area contributed by atoms with Crippen molar-refractivity contribution in [1.82, 2.24) is 4.90 Å². The van der Waals surface area contributed by atoms with E-state index in [1.54, 1.807) is 17.4 Å². The number of carbonyl (C=O) groups excluding carboxylic acids is 1. The summed E-state index contributed by atoms with van der Waals surface area (Å²) in [5, 5.41) is 4.07. The summed E-state index contributed by atoms with van der Waals surface area (Å²) in [5.41, 5.74) is 2.33. The quantitative estimate of drug-likeness (QED) is 0.535. The standard InChI is InChI=1S/C20H21NO2S/c1-14-11-16(7-6-15-8-10-24-13-15)17-12-19(22)23-20(17,2)18-5-3-4-9-21(14)18/h8,10-14,18H,3-5,9H2,1-2H3/t14-,18+,20-/m0/s1. The summed E-state index contributed by atoms with van der Waals surface area (Å²) in [6.07, 6.45) is 7.30. The molecule has 4 heterocycles. The predicted octanol–water partition coefficient (Wildman–Crippen LogP) is 3.52. The highest BCUT2D eigenvalue weighted by Crippen LogP contribution is 2.44. The van der Waals surface area contributed by atoms with Gasteiger partial charge in [-0.3, -0.25) is 4.90 Å². The maximum absolute atomic E-state index is 12.1. The van der Waals surface area contributed by atoms with Gasteiger partial charge in [-0.15, -0.1) is 0 Å². The second-order valence-corrected chi connectivity index (χ2v) is 7.70. The molecule has 0 spiro atoms. The van der Waals surface area contributed by atoms with Gasteiger partial charge in [0.1, 0.15) is 0 Å². The van der Waals surface area contributed by atoms with Crippen molar-refractivity contribution in [3.63, 3.8) is 0 Å². The normalized spacial score (nSPS) is 32.5. The summed E-state index contributed by atoms with van der Waals surface area (Å²) in [7, 11) is 0. The molecule has 0 aliphatic carbocycles. The third-order valence-corrected chi connectivity index (χ3v) is 6.06. The number of nitrogens with zero attached hydrogens (tertiary/aromatic N) is 1. The lowest BCUT2D eigenvalue weighted by Gasteiger charge is -2.45. The van der Waals surface area contributed by atoms with E-state index in [9.17, 15) is 4.79 Å². The van der Waals surface area contributed by atoms with Crippen molar-refractivity contribution in [2.75, 3.05) is 6.54 Å². The molecule has 1 aromatic rings. The third-order valence-electron chi connectivity index (χ3n) is 5.37. The van der Waals surface area contributed by atoms with E-state index in [0.29, 0.717) is 6.04 Å². The van der Waals surface area contributed by atoms with E-state index >= 15 is 0 Å². The first-order valence-electron chi connectivity index (χ1n) is 8.55. The Balaban J connectivity index is 1.80. The number of thiophene rings is 1. The molecule has 124 valence electrons. The molecule has 24 heavy (non-hydrogen) atoms. The van der Waals surface area contributed by atoms with Crippen LogP contribution in [0.5, 0.6) is 0 Å². The molecule has 1 saturated heterocycles. The molecule has 1 aromatic heterocycles. The van der Waals surface area contributed by atoms with Gasteiger partial charge in [-0.05, 0) is 44.7 Å². The largest absolute Gasteiger partial charge is 0.450 e. The van der Waals surface area contributed by atoms with Gasteiger partial charge in [-0.1, -0.05) is 24.3 Å². The van der Waals surface area contributed by atoms with Crippen molar-refractivity contribution in [3.8, 4) is 11.8 Å². The van der Waals surface area contributed by atoms with Crippen molar-refractivity contribution >= 4 is 17.3 Å². The highest BCUT2D eigenvalue weighted by Gasteiger charge is 2.51. The van der Waals surface area contributed by atoms with E-state index < -0.39 is 5.60 Å². The number of fused-ring (bicyclic) bond motifs is 3. The average Bonchev–Trinajstić information content (AvgIpc) is 3.17. The Bertz CT molecular complexity index is 780. The predicted molar refractivity (Wildman–Crippen MR) is 95.7 cm³/mol. The molecule has 4 heteroatoms. The summed E-state index contributed by atoms with van der Waals surface area (Å²) in [4.78, 5) is 14.6. The van der Waals surface area contributed by atoms with Gasteiger partial charge in [0.05, 0.1) is 6.04 Å². The molecule has 3 aliphatic rings. The lowest BCUT2D eigenvalue weighted by molar-refractivity contribution is -0.151. The first-order chi connectivity index (χ1) is 11.6. The van der Waals surface area contributed by atoms with Gasteiger partial charge < -0.3 is 4.74 Å². The van der Waals surface area contributed by atoms with E-state index in [-0.39, 0.29) is 12.0 Å². The molecule has 0 aromatic carbocycles. The zero-order valence-electron chi connectivity index (χ0n) is 14.0. The topological polar surface area (TPSA) is 29.5 Å². The van der Waals surface area contributed by atoms with Crippen molar-refractivity contribution in [3.05, 3.63) is 45.7 Å². The number of hydrogen-bond donors (Lipinski definition) is 0. The van der Waals surface area contributed by atoms with Gasteiger partial charge in [0.15, 0.2) is 5.60 Å². The smallest absolute Gasteiger partial charge is 0.332 e. The van der Waals surface area contributed by atoms with Crippen LogP contribution in [0.25, 0.3) is 0 Å². The molecule has 0 radical (unpaired) electrons. The number of esters is 1. The lowest BCUT2D eigenvalue weighted by atomic mass is 9.81. The van der Waals surface area contributed by atoms with E-state index in [1.165, 1.54) is 12.8 Å². The molecule has 0 amide bonds. The second-order valence-electron chi connectivity index (χ2n) is 6.92. The van der Waals surface area contributed by atoms with Crippen LogP contribution in [-0.4, -0.2) is 35.1 Å². The molecule has 1 fully saturated rings. The molecule has 4 rings (SSSR count). The van der Waals surface area contributed by atoms with Gasteiger partial charge in [0.25, 0.3) is 0 Å². The minimum Gasteiger partial charge on any atom is -0.450 e. The van der Waals surface area contributed by atoms with Gasteiger partial charge in [-0.25, -0.2) is 4.79 Å². The number of ether oxygens (including phenoxy) is 1. The number of hydrogen-bond acceptors (Lipinski definition) is 4. The first kappa shape index (κ1) is 15.7. The fourth-order valence-corrected chi connectivity index (χ4v) is 4.78. The maximum Gasteiger partial charge on any atom is 0.332 e. The fraction of sp³-hybridized carbons (Fsp3) is 0.450.